The van der Waals surface area contributed by atoms with Crippen molar-refractivity contribution in [2.24, 2.45) is 0 Å². The lowest BCUT2D eigenvalue weighted by atomic mass is 10.0. The molecule has 38 heavy (non-hydrogen) atoms. The fraction of sp³-hybridized carbons (Fsp3) is 0.941. The van der Waals surface area contributed by atoms with Crippen LogP contribution < -0.4 is 0 Å². The number of carboxylic acid groups (broad SMARTS) is 1. The Morgan fingerprint density at radius 1 is 0.474 bits per heavy atom. The van der Waals surface area contributed by atoms with Gasteiger partial charge in [-0.25, -0.2) is 0 Å². The van der Waals surface area contributed by atoms with Crippen LogP contribution in [0.1, 0.15) is 200 Å². The minimum Gasteiger partial charge on any atom is -0.481 e. The van der Waals surface area contributed by atoms with Crippen molar-refractivity contribution in [3.8, 4) is 0 Å². The first-order valence-electron chi connectivity index (χ1n) is 17.0. The van der Waals surface area contributed by atoms with Gasteiger partial charge in [0.15, 0.2) is 0 Å². The Bertz CT molecular complexity index is 505. The quantitative estimate of drug-likeness (QED) is 0.0704. The number of hydrogen-bond donors (Lipinski definition) is 1. The molecule has 0 unspecified atom stereocenters. The van der Waals surface area contributed by atoms with E-state index in [-0.39, 0.29) is 18.5 Å². The molecule has 0 aromatic rings. The van der Waals surface area contributed by atoms with Crippen LogP contribution in [-0.4, -0.2) is 23.1 Å². The summed E-state index contributed by atoms with van der Waals surface area (Å²) in [4.78, 5) is 23.3. The molecule has 0 aliphatic rings. The summed E-state index contributed by atoms with van der Waals surface area (Å²) in [5, 5.41) is 8.96. The topological polar surface area (TPSA) is 63.6 Å². The molecule has 0 aliphatic heterocycles. The fourth-order valence-electron chi connectivity index (χ4n) is 5.31. The Labute approximate surface area is 237 Å². The molecule has 0 aromatic carbocycles. The van der Waals surface area contributed by atoms with Gasteiger partial charge in [-0.3, -0.25) is 9.59 Å². The molecule has 0 heterocycles. The van der Waals surface area contributed by atoms with Gasteiger partial charge in [-0.1, -0.05) is 155 Å². The van der Waals surface area contributed by atoms with Gasteiger partial charge in [-0.05, 0) is 32.1 Å². The van der Waals surface area contributed by atoms with Crippen molar-refractivity contribution in [2.75, 3.05) is 0 Å². The zero-order valence-corrected chi connectivity index (χ0v) is 25.8. The molecule has 0 aliphatic carbocycles. The predicted octanol–water partition coefficient (Wildman–Crippen LogP) is 11.3. The minimum absolute atomic E-state index is 0.0866. The number of carbonyl (C=O) groups is 2. The number of unbranched alkanes of at least 4 members (excludes halogenated alkanes) is 22. The lowest BCUT2D eigenvalue weighted by Crippen LogP contribution is -2.18. The molecule has 4 heteroatoms. The maximum atomic E-state index is 12.4. The maximum absolute atomic E-state index is 12.4. The van der Waals surface area contributed by atoms with E-state index < -0.39 is 5.97 Å². The smallest absolute Gasteiger partial charge is 0.306 e. The van der Waals surface area contributed by atoms with Crippen molar-refractivity contribution < 1.29 is 19.4 Å². The molecule has 0 fully saturated rings. The maximum Gasteiger partial charge on any atom is 0.306 e. The van der Waals surface area contributed by atoms with Crippen LogP contribution in [0.2, 0.25) is 0 Å². The molecule has 1 N–H and O–H groups in total. The van der Waals surface area contributed by atoms with Gasteiger partial charge in [0.2, 0.25) is 0 Å². The van der Waals surface area contributed by atoms with E-state index in [2.05, 4.69) is 13.8 Å². The van der Waals surface area contributed by atoms with Gasteiger partial charge < -0.3 is 9.84 Å². The largest absolute Gasteiger partial charge is 0.481 e. The molecule has 0 radical (unpaired) electrons. The van der Waals surface area contributed by atoms with E-state index in [1.54, 1.807) is 0 Å². The standard InChI is InChI=1S/C34H66O4/c1-3-5-7-9-11-13-15-16-18-20-22-24-26-31-34(37)38-32(29-27-30-33(35)36)28-25-23-21-19-17-14-12-10-8-6-4-2/h32H,3-31H2,1-2H3,(H,35,36)/t32-/m0/s1. The van der Waals surface area contributed by atoms with Gasteiger partial charge in [0.1, 0.15) is 6.10 Å². The van der Waals surface area contributed by atoms with Crippen LogP contribution in [0.15, 0.2) is 0 Å². The molecule has 0 bridgehead atoms. The Morgan fingerprint density at radius 3 is 1.21 bits per heavy atom. The Balaban J connectivity index is 3.82. The van der Waals surface area contributed by atoms with Gasteiger partial charge in [0, 0.05) is 12.8 Å². The molecular weight excluding hydrogens is 472 g/mol. The third-order valence-corrected chi connectivity index (χ3v) is 7.83. The average Bonchev–Trinajstić information content (AvgIpc) is 2.89. The highest BCUT2D eigenvalue weighted by Gasteiger charge is 2.15. The van der Waals surface area contributed by atoms with Crippen LogP contribution in [0.4, 0.5) is 0 Å². The molecule has 0 saturated heterocycles. The summed E-state index contributed by atoms with van der Waals surface area (Å²) in [7, 11) is 0. The van der Waals surface area contributed by atoms with Crippen molar-refractivity contribution in [1.29, 1.82) is 0 Å². The van der Waals surface area contributed by atoms with E-state index in [1.165, 1.54) is 135 Å². The van der Waals surface area contributed by atoms with Crippen LogP contribution >= 0.6 is 0 Å². The Hall–Kier alpha value is -1.06. The van der Waals surface area contributed by atoms with Gasteiger partial charge in [-0.15, -0.1) is 0 Å². The zero-order chi connectivity index (χ0) is 27.9. The normalized spacial score (nSPS) is 12.1. The second-order valence-electron chi connectivity index (χ2n) is 11.7. The van der Waals surface area contributed by atoms with Crippen molar-refractivity contribution in [2.45, 2.75) is 206 Å². The van der Waals surface area contributed by atoms with Crippen LogP contribution in [0.3, 0.4) is 0 Å². The van der Waals surface area contributed by atoms with Gasteiger partial charge >= 0.3 is 11.9 Å². The lowest BCUT2D eigenvalue weighted by molar-refractivity contribution is -0.150. The molecule has 0 amide bonds. The fourth-order valence-corrected chi connectivity index (χ4v) is 5.31. The summed E-state index contributed by atoms with van der Waals surface area (Å²) in [5.74, 6) is -0.854. The highest BCUT2D eigenvalue weighted by molar-refractivity contribution is 5.69. The molecule has 1 atom stereocenters. The Morgan fingerprint density at radius 2 is 0.816 bits per heavy atom. The van der Waals surface area contributed by atoms with Crippen LogP contribution in [-0.2, 0) is 14.3 Å². The zero-order valence-electron chi connectivity index (χ0n) is 25.8. The first-order valence-corrected chi connectivity index (χ1v) is 17.0. The van der Waals surface area contributed by atoms with Crippen LogP contribution in [0.25, 0.3) is 0 Å². The van der Waals surface area contributed by atoms with Crippen LogP contribution in [0, 0.1) is 0 Å². The summed E-state index contributed by atoms with van der Waals surface area (Å²) < 4.78 is 5.80. The van der Waals surface area contributed by atoms with Crippen molar-refractivity contribution >= 4 is 11.9 Å². The predicted molar refractivity (Wildman–Crippen MR) is 163 cm³/mol. The number of aliphatic carboxylic acids is 1. The second kappa shape index (κ2) is 30.5. The highest BCUT2D eigenvalue weighted by Crippen LogP contribution is 2.18. The summed E-state index contributed by atoms with van der Waals surface area (Å²) >= 11 is 0. The van der Waals surface area contributed by atoms with E-state index in [1.807, 2.05) is 0 Å². The number of hydrogen-bond acceptors (Lipinski definition) is 3. The first-order chi connectivity index (χ1) is 18.6. The lowest BCUT2D eigenvalue weighted by Gasteiger charge is -2.18. The van der Waals surface area contributed by atoms with Crippen molar-refractivity contribution in [3.05, 3.63) is 0 Å². The third kappa shape index (κ3) is 29.5. The first kappa shape index (κ1) is 36.9. The summed E-state index contributed by atoms with van der Waals surface area (Å²) in [5.41, 5.74) is 0. The average molecular weight is 539 g/mol. The monoisotopic (exact) mass is 538 g/mol. The second-order valence-corrected chi connectivity index (χ2v) is 11.7. The van der Waals surface area contributed by atoms with E-state index >= 15 is 0 Å². The molecule has 0 saturated carbocycles. The molecule has 0 rings (SSSR count). The van der Waals surface area contributed by atoms with Gasteiger partial charge in [-0.2, -0.15) is 0 Å². The number of carbonyl (C=O) groups excluding carboxylic acids is 1. The third-order valence-electron chi connectivity index (χ3n) is 7.83. The minimum atomic E-state index is -0.767. The SMILES string of the molecule is CCCCCCCCCCCCCCCC(=O)O[C@@H](CCCCCCCCCCCCC)CCCC(=O)O. The van der Waals surface area contributed by atoms with Crippen molar-refractivity contribution in [3.63, 3.8) is 0 Å². The number of rotatable bonds is 31. The van der Waals surface area contributed by atoms with Crippen molar-refractivity contribution in [1.82, 2.24) is 0 Å². The highest BCUT2D eigenvalue weighted by atomic mass is 16.5. The molecular formula is C34H66O4. The van der Waals surface area contributed by atoms with E-state index in [4.69, 9.17) is 9.84 Å². The van der Waals surface area contributed by atoms with E-state index in [0.29, 0.717) is 19.3 Å². The van der Waals surface area contributed by atoms with Gasteiger partial charge in [0.05, 0.1) is 0 Å². The molecule has 226 valence electrons. The summed E-state index contributed by atoms with van der Waals surface area (Å²) in [6.07, 6.45) is 33.9. The van der Waals surface area contributed by atoms with Crippen LogP contribution in [0.5, 0.6) is 0 Å². The summed E-state index contributed by atoms with van der Waals surface area (Å²) in [6.45, 7) is 4.53. The number of esters is 1. The van der Waals surface area contributed by atoms with E-state index in [9.17, 15) is 9.59 Å². The number of ether oxygens (including phenoxy) is 1. The summed E-state index contributed by atoms with van der Waals surface area (Å²) in [6, 6.07) is 0. The molecule has 0 spiro atoms. The van der Waals surface area contributed by atoms with Gasteiger partial charge in [0.25, 0.3) is 0 Å². The van der Waals surface area contributed by atoms with E-state index in [0.717, 1.165) is 25.7 Å². The number of carboxylic acids is 1. The Kier molecular flexibility index (Phi) is 29.6. The molecule has 0 aromatic heterocycles. The molecule has 4 nitrogen and oxygen atoms in total.